The van der Waals surface area contributed by atoms with Crippen LogP contribution in [-0.2, 0) is 0 Å². The Kier molecular flexibility index (Phi) is 4.83. The Labute approximate surface area is 137 Å². The number of hydrogen-bond donors (Lipinski definition) is 0. The van der Waals surface area contributed by atoms with Gasteiger partial charge in [0, 0.05) is 37.6 Å². The molecule has 0 unspecified atom stereocenters. The highest BCUT2D eigenvalue weighted by Crippen LogP contribution is 2.32. The summed E-state index contributed by atoms with van der Waals surface area (Å²) in [6.45, 7) is 10.6. The first-order valence-corrected chi connectivity index (χ1v) is 9.38. The molecule has 1 saturated carbocycles. The van der Waals surface area contributed by atoms with Crippen LogP contribution in [0.2, 0.25) is 0 Å². The Morgan fingerprint density at radius 1 is 1.41 bits per heavy atom. The Bertz CT molecular complexity index is 524. The molecule has 122 valence electrons. The SMILES string of the molecule is Cc1nc(C(=O)N2CCCN(CC3CC3)[C@H](C(C)C)C2)cs1. The third kappa shape index (κ3) is 3.69. The van der Waals surface area contributed by atoms with E-state index in [2.05, 4.69) is 23.7 Å². The lowest BCUT2D eigenvalue weighted by molar-refractivity contribution is 0.0699. The van der Waals surface area contributed by atoms with E-state index in [1.165, 1.54) is 19.4 Å². The summed E-state index contributed by atoms with van der Waals surface area (Å²) in [5.74, 6) is 1.59. The van der Waals surface area contributed by atoms with Crippen LogP contribution in [-0.4, -0.2) is 52.9 Å². The van der Waals surface area contributed by atoms with E-state index in [0.29, 0.717) is 17.7 Å². The van der Waals surface area contributed by atoms with Crippen LogP contribution in [0.4, 0.5) is 0 Å². The van der Waals surface area contributed by atoms with Gasteiger partial charge in [0.1, 0.15) is 5.69 Å². The number of rotatable bonds is 4. The van der Waals surface area contributed by atoms with Crippen molar-refractivity contribution in [1.82, 2.24) is 14.8 Å². The summed E-state index contributed by atoms with van der Waals surface area (Å²) < 4.78 is 0. The van der Waals surface area contributed by atoms with Gasteiger partial charge < -0.3 is 4.90 Å². The molecule has 2 heterocycles. The molecule has 0 aromatic carbocycles. The van der Waals surface area contributed by atoms with Crippen LogP contribution in [0.25, 0.3) is 0 Å². The van der Waals surface area contributed by atoms with Crippen molar-refractivity contribution in [3.63, 3.8) is 0 Å². The van der Waals surface area contributed by atoms with E-state index < -0.39 is 0 Å². The molecule has 1 aliphatic heterocycles. The maximum Gasteiger partial charge on any atom is 0.273 e. The number of aryl methyl sites for hydroxylation is 1. The molecule has 22 heavy (non-hydrogen) atoms. The number of amides is 1. The van der Waals surface area contributed by atoms with E-state index in [0.717, 1.165) is 37.0 Å². The van der Waals surface area contributed by atoms with Gasteiger partial charge in [-0.25, -0.2) is 4.98 Å². The molecule has 3 rings (SSSR count). The lowest BCUT2D eigenvalue weighted by atomic mass is 10.0. The molecule has 2 fully saturated rings. The molecule has 5 heteroatoms. The van der Waals surface area contributed by atoms with Crippen LogP contribution >= 0.6 is 11.3 Å². The van der Waals surface area contributed by atoms with Crippen molar-refractivity contribution >= 4 is 17.2 Å². The predicted octanol–water partition coefficient (Wildman–Crippen LogP) is 3.03. The predicted molar refractivity (Wildman–Crippen MR) is 90.3 cm³/mol. The van der Waals surface area contributed by atoms with E-state index >= 15 is 0 Å². The first kappa shape index (κ1) is 15.9. The van der Waals surface area contributed by atoms with E-state index in [1.54, 1.807) is 11.3 Å². The molecule has 1 aliphatic carbocycles. The fraction of sp³-hybridized carbons (Fsp3) is 0.765. The maximum absolute atomic E-state index is 12.7. The van der Waals surface area contributed by atoms with Crippen LogP contribution in [0.3, 0.4) is 0 Å². The number of carbonyl (C=O) groups is 1. The van der Waals surface area contributed by atoms with Gasteiger partial charge in [0.25, 0.3) is 5.91 Å². The second-order valence-electron chi connectivity index (χ2n) is 7.11. The highest BCUT2D eigenvalue weighted by Gasteiger charge is 2.33. The second-order valence-corrected chi connectivity index (χ2v) is 8.17. The smallest absolute Gasteiger partial charge is 0.273 e. The average Bonchev–Trinajstić information content (AvgIpc) is 3.23. The molecule has 1 atom stereocenters. The lowest BCUT2D eigenvalue weighted by Crippen LogP contribution is -2.46. The molecule has 1 aromatic rings. The third-order valence-corrected chi connectivity index (χ3v) is 5.61. The van der Waals surface area contributed by atoms with Gasteiger partial charge >= 0.3 is 0 Å². The van der Waals surface area contributed by atoms with Gasteiger partial charge in [0.15, 0.2) is 0 Å². The monoisotopic (exact) mass is 321 g/mol. The van der Waals surface area contributed by atoms with Gasteiger partial charge in [-0.1, -0.05) is 13.8 Å². The minimum Gasteiger partial charge on any atom is -0.336 e. The van der Waals surface area contributed by atoms with Gasteiger partial charge in [0.05, 0.1) is 5.01 Å². The highest BCUT2D eigenvalue weighted by molar-refractivity contribution is 7.09. The molecule has 2 aliphatic rings. The quantitative estimate of drug-likeness (QED) is 0.855. The average molecular weight is 321 g/mol. The highest BCUT2D eigenvalue weighted by atomic mass is 32.1. The zero-order valence-electron chi connectivity index (χ0n) is 13.9. The minimum absolute atomic E-state index is 0.114. The van der Waals surface area contributed by atoms with Crippen molar-refractivity contribution in [2.75, 3.05) is 26.2 Å². The third-order valence-electron chi connectivity index (χ3n) is 4.83. The Morgan fingerprint density at radius 2 is 2.18 bits per heavy atom. The van der Waals surface area contributed by atoms with Crippen molar-refractivity contribution < 1.29 is 4.79 Å². The number of nitrogens with zero attached hydrogens (tertiary/aromatic N) is 3. The first-order valence-electron chi connectivity index (χ1n) is 8.50. The van der Waals surface area contributed by atoms with Crippen LogP contribution in [0.1, 0.15) is 48.6 Å². The lowest BCUT2D eigenvalue weighted by Gasteiger charge is -2.34. The van der Waals surface area contributed by atoms with Gasteiger partial charge in [0.2, 0.25) is 0 Å². The second kappa shape index (κ2) is 6.67. The zero-order chi connectivity index (χ0) is 15.7. The summed E-state index contributed by atoms with van der Waals surface area (Å²) in [6.07, 6.45) is 3.86. The van der Waals surface area contributed by atoms with E-state index in [9.17, 15) is 4.79 Å². The van der Waals surface area contributed by atoms with Crippen molar-refractivity contribution in [1.29, 1.82) is 0 Å². The van der Waals surface area contributed by atoms with Crippen molar-refractivity contribution in [3.05, 3.63) is 16.1 Å². The topological polar surface area (TPSA) is 36.4 Å². The molecule has 0 radical (unpaired) electrons. The van der Waals surface area contributed by atoms with Crippen molar-refractivity contribution in [3.8, 4) is 0 Å². The zero-order valence-corrected chi connectivity index (χ0v) is 14.7. The van der Waals surface area contributed by atoms with E-state index in [-0.39, 0.29) is 5.91 Å². The van der Waals surface area contributed by atoms with Crippen molar-refractivity contribution in [2.45, 2.75) is 46.1 Å². The van der Waals surface area contributed by atoms with E-state index in [1.807, 2.05) is 17.2 Å². The van der Waals surface area contributed by atoms with Gasteiger partial charge in [-0.05, 0) is 38.0 Å². The molecule has 1 saturated heterocycles. The number of aromatic nitrogens is 1. The Hall–Kier alpha value is -0.940. The summed E-state index contributed by atoms with van der Waals surface area (Å²) in [7, 11) is 0. The molecule has 0 bridgehead atoms. The van der Waals surface area contributed by atoms with Gasteiger partial charge in [-0.3, -0.25) is 9.69 Å². The standard InChI is InChI=1S/C17H27N3OS/c1-12(2)16-10-20(17(21)15-11-22-13(3)18-15)8-4-7-19(16)9-14-5-6-14/h11-12,14,16H,4-10H2,1-3H3/t16-/m0/s1. The first-order chi connectivity index (χ1) is 10.5. The number of thiazole rings is 1. The maximum atomic E-state index is 12.7. The molecule has 4 nitrogen and oxygen atoms in total. The van der Waals surface area contributed by atoms with E-state index in [4.69, 9.17) is 0 Å². The van der Waals surface area contributed by atoms with Crippen LogP contribution in [0.15, 0.2) is 5.38 Å². The van der Waals surface area contributed by atoms with Crippen LogP contribution in [0, 0.1) is 18.8 Å². The summed E-state index contributed by atoms with van der Waals surface area (Å²) in [4.78, 5) is 21.8. The molecular weight excluding hydrogens is 294 g/mol. The normalized spacial score (nSPS) is 23.8. The molecule has 1 aromatic heterocycles. The van der Waals surface area contributed by atoms with Gasteiger partial charge in [-0.15, -0.1) is 11.3 Å². The molecule has 1 amide bonds. The summed E-state index contributed by atoms with van der Waals surface area (Å²) in [5.41, 5.74) is 0.626. The van der Waals surface area contributed by atoms with Crippen LogP contribution < -0.4 is 0 Å². The largest absolute Gasteiger partial charge is 0.336 e. The van der Waals surface area contributed by atoms with Crippen molar-refractivity contribution in [2.24, 2.45) is 11.8 Å². The summed E-state index contributed by atoms with van der Waals surface area (Å²) in [6, 6.07) is 0.479. The summed E-state index contributed by atoms with van der Waals surface area (Å²) >= 11 is 1.56. The molecule has 0 N–H and O–H groups in total. The van der Waals surface area contributed by atoms with Crippen LogP contribution in [0.5, 0.6) is 0 Å². The Morgan fingerprint density at radius 3 is 2.77 bits per heavy atom. The fourth-order valence-electron chi connectivity index (χ4n) is 3.36. The Balaban J connectivity index is 1.71. The number of carbonyl (C=O) groups excluding carboxylic acids is 1. The minimum atomic E-state index is 0.114. The fourth-order valence-corrected chi connectivity index (χ4v) is 3.95. The molecular formula is C17H27N3OS. The molecule has 0 spiro atoms. The van der Waals surface area contributed by atoms with Gasteiger partial charge in [-0.2, -0.15) is 0 Å². The number of hydrogen-bond acceptors (Lipinski definition) is 4. The summed E-state index contributed by atoms with van der Waals surface area (Å²) in [5, 5.41) is 2.86.